The van der Waals surface area contributed by atoms with Crippen molar-refractivity contribution in [3.05, 3.63) is 106 Å². The van der Waals surface area contributed by atoms with Gasteiger partial charge in [-0.2, -0.15) is 13.2 Å². The monoisotopic (exact) mass is 497 g/mol. The van der Waals surface area contributed by atoms with E-state index in [4.69, 9.17) is 17.3 Å². The molecule has 0 saturated carbocycles. The molecule has 0 bridgehead atoms. The van der Waals surface area contributed by atoms with Crippen molar-refractivity contribution in [3.63, 3.8) is 0 Å². The second-order valence-corrected chi connectivity index (χ2v) is 9.66. The van der Waals surface area contributed by atoms with E-state index in [1.54, 1.807) is 0 Å². The number of alkyl halides is 3. The average molecular weight is 498 g/mol. The second kappa shape index (κ2) is 9.59. The number of hydrogen-bond donors (Lipinski definition) is 1. The molecule has 2 aliphatic rings. The number of fused-ring (bicyclic) bond motifs is 1. The van der Waals surface area contributed by atoms with Crippen molar-refractivity contribution in [1.82, 2.24) is 4.90 Å². The smallest absolute Gasteiger partial charge is 0.398 e. The molecule has 2 aliphatic heterocycles. The van der Waals surface area contributed by atoms with Crippen LogP contribution in [0.15, 0.2) is 72.8 Å². The van der Waals surface area contributed by atoms with E-state index in [1.165, 1.54) is 30.5 Å². The zero-order chi connectivity index (χ0) is 24.6. The van der Waals surface area contributed by atoms with Crippen LogP contribution in [0.3, 0.4) is 0 Å². The molecule has 1 atom stereocenters. The molecule has 2 heterocycles. The predicted octanol–water partition coefficient (Wildman–Crippen LogP) is 6.86. The van der Waals surface area contributed by atoms with Gasteiger partial charge in [-0.15, -0.1) is 0 Å². The largest absolute Gasteiger partial charge is 0.416 e. The lowest BCUT2D eigenvalue weighted by molar-refractivity contribution is -0.137. The Labute approximate surface area is 208 Å². The average Bonchev–Trinajstić information content (AvgIpc) is 3.35. The van der Waals surface area contributed by atoms with Crippen LogP contribution in [0.5, 0.6) is 0 Å². The maximum Gasteiger partial charge on any atom is 0.416 e. The highest BCUT2D eigenvalue weighted by Gasteiger charge is 2.34. The number of nitrogens with two attached hydrogens (primary N) is 1. The summed E-state index contributed by atoms with van der Waals surface area (Å²) in [7, 11) is 0. The third-order valence-corrected chi connectivity index (χ3v) is 7.10. The quantitative estimate of drug-likeness (QED) is 0.418. The maximum absolute atomic E-state index is 13.6. The number of hydrogen-bond acceptors (Lipinski definition) is 3. The molecule has 0 amide bonds. The third kappa shape index (κ3) is 5.04. The SMILES string of the molecule is NC1=CCN(C(c2ccc(Cl)cc2)c2ccc(CN3CCCC3)cc2)c2cc(C(F)(F)F)ccc21. The van der Waals surface area contributed by atoms with Crippen molar-refractivity contribution in [2.75, 3.05) is 24.5 Å². The van der Waals surface area contributed by atoms with Gasteiger partial charge in [-0.3, -0.25) is 4.90 Å². The van der Waals surface area contributed by atoms with Gasteiger partial charge in [-0.05, 0) is 73.0 Å². The topological polar surface area (TPSA) is 32.5 Å². The normalized spacial score (nSPS) is 17.3. The number of likely N-dealkylation sites (tertiary alicyclic amines) is 1. The van der Waals surface area contributed by atoms with Gasteiger partial charge >= 0.3 is 6.18 Å². The predicted molar refractivity (Wildman–Crippen MR) is 135 cm³/mol. The van der Waals surface area contributed by atoms with E-state index in [0.717, 1.165) is 36.8 Å². The number of anilines is 1. The molecule has 182 valence electrons. The van der Waals surface area contributed by atoms with Crippen molar-refractivity contribution in [2.45, 2.75) is 31.6 Å². The molecule has 7 heteroatoms. The molecule has 0 aromatic heterocycles. The molecule has 5 rings (SSSR count). The van der Waals surface area contributed by atoms with Gasteiger partial charge in [-0.1, -0.05) is 54.1 Å². The molecule has 0 radical (unpaired) electrons. The molecule has 1 unspecified atom stereocenters. The van der Waals surface area contributed by atoms with Crippen molar-refractivity contribution in [3.8, 4) is 0 Å². The second-order valence-electron chi connectivity index (χ2n) is 9.22. The summed E-state index contributed by atoms with van der Waals surface area (Å²) in [5.74, 6) is 0. The van der Waals surface area contributed by atoms with Crippen LogP contribution in [-0.2, 0) is 12.7 Å². The Hall–Kier alpha value is -2.96. The van der Waals surface area contributed by atoms with Crippen LogP contribution in [0.1, 0.15) is 46.7 Å². The fraction of sp³-hybridized carbons (Fsp3) is 0.286. The first-order valence-corrected chi connectivity index (χ1v) is 12.2. The summed E-state index contributed by atoms with van der Waals surface area (Å²) in [4.78, 5) is 4.43. The van der Waals surface area contributed by atoms with Crippen LogP contribution in [0.4, 0.5) is 18.9 Å². The minimum absolute atomic E-state index is 0.306. The molecule has 0 spiro atoms. The standard InChI is InChI=1S/C28H27ClF3N3/c29-23-10-7-21(8-11-23)27(20-5-3-19(4-6-20)18-34-14-1-2-15-34)35-16-13-25(33)24-12-9-22(17-26(24)35)28(30,31)32/h3-13,17,27H,1-2,14-16,18,33H2. The molecule has 1 saturated heterocycles. The van der Waals surface area contributed by atoms with Crippen molar-refractivity contribution in [1.29, 1.82) is 0 Å². The summed E-state index contributed by atoms with van der Waals surface area (Å²) in [6, 6.07) is 19.4. The fourth-order valence-electron chi connectivity index (χ4n) is 5.04. The number of nitrogens with zero attached hydrogens (tertiary/aromatic N) is 2. The van der Waals surface area contributed by atoms with Gasteiger partial charge in [0.2, 0.25) is 0 Å². The minimum atomic E-state index is -4.44. The first-order valence-electron chi connectivity index (χ1n) is 11.8. The summed E-state index contributed by atoms with van der Waals surface area (Å²) in [5, 5.41) is 0.607. The Morgan fingerprint density at radius 1 is 0.886 bits per heavy atom. The Morgan fingerprint density at radius 2 is 1.51 bits per heavy atom. The van der Waals surface area contributed by atoms with Crippen LogP contribution in [0, 0.1) is 0 Å². The first-order chi connectivity index (χ1) is 16.8. The van der Waals surface area contributed by atoms with Gasteiger partial charge in [0.05, 0.1) is 11.6 Å². The van der Waals surface area contributed by atoms with Crippen LogP contribution >= 0.6 is 11.6 Å². The van der Waals surface area contributed by atoms with Gasteiger partial charge < -0.3 is 10.6 Å². The zero-order valence-corrected chi connectivity index (χ0v) is 20.0. The molecule has 3 aromatic rings. The lowest BCUT2D eigenvalue weighted by Crippen LogP contribution is -2.33. The summed E-state index contributed by atoms with van der Waals surface area (Å²) >= 11 is 6.15. The van der Waals surface area contributed by atoms with Crippen molar-refractivity contribution in [2.24, 2.45) is 5.73 Å². The fourth-order valence-corrected chi connectivity index (χ4v) is 5.17. The van der Waals surface area contributed by atoms with E-state index >= 15 is 0 Å². The number of benzene rings is 3. The summed E-state index contributed by atoms with van der Waals surface area (Å²) in [6.45, 7) is 3.54. The number of rotatable bonds is 5. The van der Waals surface area contributed by atoms with E-state index in [0.29, 0.717) is 28.5 Å². The van der Waals surface area contributed by atoms with Crippen LogP contribution in [0.2, 0.25) is 5.02 Å². The van der Waals surface area contributed by atoms with E-state index < -0.39 is 11.7 Å². The molecular weight excluding hydrogens is 471 g/mol. The van der Waals surface area contributed by atoms with Crippen molar-refractivity contribution >= 4 is 23.0 Å². The Balaban J connectivity index is 1.56. The zero-order valence-electron chi connectivity index (χ0n) is 19.2. The minimum Gasteiger partial charge on any atom is -0.398 e. The van der Waals surface area contributed by atoms with Gasteiger partial charge in [0, 0.05) is 35.1 Å². The van der Waals surface area contributed by atoms with Crippen LogP contribution in [-0.4, -0.2) is 24.5 Å². The Kier molecular flexibility index (Phi) is 6.51. The van der Waals surface area contributed by atoms with E-state index in [2.05, 4.69) is 29.2 Å². The lowest BCUT2D eigenvalue weighted by atomic mass is 9.92. The number of halogens is 4. The van der Waals surface area contributed by atoms with Gasteiger partial charge in [0.1, 0.15) is 0 Å². The van der Waals surface area contributed by atoms with Crippen LogP contribution in [0.25, 0.3) is 5.70 Å². The molecule has 1 fully saturated rings. The first kappa shape index (κ1) is 23.8. The molecule has 0 aliphatic carbocycles. The molecule has 3 nitrogen and oxygen atoms in total. The van der Waals surface area contributed by atoms with Crippen molar-refractivity contribution < 1.29 is 13.2 Å². The maximum atomic E-state index is 13.6. The Morgan fingerprint density at radius 3 is 2.14 bits per heavy atom. The van der Waals surface area contributed by atoms with Crippen LogP contribution < -0.4 is 10.6 Å². The molecule has 2 N–H and O–H groups in total. The molecule has 3 aromatic carbocycles. The highest BCUT2D eigenvalue weighted by atomic mass is 35.5. The van der Waals surface area contributed by atoms with E-state index in [1.807, 2.05) is 35.2 Å². The summed E-state index contributed by atoms with van der Waals surface area (Å²) in [5.41, 5.74) is 10.2. The van der Waals surface area contributed by atoms with Gasteiger partial charge in [0.25, 0.3) is 0 Å². The highest BCUT2D eigenvalue weighted by Crippen LogP contribution is 2.42. The van der Waals surface area contributed by atoms with Gasteiger partial charge in [-0.25, -0.2) is 0 Å². The third-order valence-electron chi connectivity index (χ3n) is 6.85. The molecular formula is C28H27ClF3N3. The van der Waals surface area contributed by atoms with E-state index in [9.17, 15) is 13.2 Å². The summed E-state index contributed by atoms with van der Waals surface area (Å²) < 4.78 is 40.8. The highest BCUT2D eigenvalue weighted by molar-refractivity contribution is 6.30. The Bertz CT molecular complexity index is 1210. The lowest BCUT2D eigenvalue weighted by Gasteiger charge is -2.38. The molecule has 35 heavy (non-hydrogen) atoms. The van der Waals surface area contributed by atoms with E-state index in [-0.39, 0.29) is 6.04 Å². The summed E-state index contributed by atoms with van der Waals surface area (Å²) in [6.07, 6.45) is -0.104. The van der Waals surface area contributed by atoms with Gasteiger partial charge in [0.15, 0.2) is 0 Å².